The van der Waals surface area contributed by atoms with Crippen LogP contribution in [0.4, 0.5) is 0 Å². The van der Waals surface area contributed by atoms with Gasteiger partial charge in [-0.3, -0.25) is 4.79 Å². The van der Waals surface area contributed by atoms with Crippen molar-refractivity contribution < 1.29 is 64.6 Å². The molecule has 14 heteroatoms. The molecule has 0 aromatic carbocycles. The van der Waals surface area contributed by atoms with Crippen LogP contribution in [-0.2, 0) is 23.7 Å². The fourth-order valence-corrected chi connectivity index (χ4v) is 10.1. The molecule has 12 unspecified atom stereocenters. The van der Waals surface area contributed by atoms with Gasteiger partial charge in [0.15, 0.2) is 12.6 Å². The third-order valence-corrected chi connectivity index (χ3v) is 15.0. The smallest absolute Gasteiger partial charge is 0.220 e. The van der Waals surface area contributed by atoms with Gasteiger partial charge in [0.2, 0.25) is 5.91 Å². The number of hydrogen-bond acceptors (Lipinski definition) is 13. The molecule has 0 aliphatic carbocycles. The number of allylic oxidation sites excluding steroid dienone is 1. The van der Waals surface area contributed by atoms with Crippen LogP contribution in [0.3, 0.4) is 0 Å². The van der Waals surface area contributed by atoms with E-state index in [1.54, 1.807) is 6.08 Å². The highest BCUT2D eigenvalue weighted by molar-refractivity contribution is 5.76. The minimum absolute atomic E-state index is 0.250. The Hall–Kier alpha value is -1.27. The molecule has 14 nitrogen and oxygen atoms in total. The molecule has 2 aliphatic heterocycles. The van der Waals surface area contributed by atoms with Gasteiger partial charge in [-0.2, -0.15) is 0 Å². The predicted octanol–water partition coefficient (Wildman–Crippen LogP) is 9.89. The van der Waals surface area contributed by atoms with E-state index in [1.165, 1.54) is 186 Å². The number of ether oxygens (including phenoxy) is 4. The molecule has 0 spiro atoms. The second-order valence-corrected chi connectivity index (χ2v) is 21.5. The van der Waals surface area contributed by atoms with Gasteiger partial charge in [-0.25, -0.2) is 0 Å². The van der Waals surface area contributed by atoms with Gasteiger partial charge in [-0.05, 0) is 19.3 Å². The first-order valence-electron chi connectivity index (χ1n) is 29.9. The van der Waals surface area contributed by atoms with Crippen LogP contribution in [0.2, 0.25) is 0 Å². The SMILES string of the molecule is CCCCCCCCCCCCCCCCCCCCCCCCCCCCCCCCC/C=C/C(O)C(COC1OC(CO)C(OC2OC(CO)C(O)C(O)C2O)C(O)C1O)NC(=O)CCCCCCC. The average molecular weight is 1030 g/mol. The summed E-state index contributed by atoms with van der Waals surface area (Å²) < 4.78 is 22.6. The molecule has 426 valence electrons. The Bertz CT molecular complexity index is 1260. The lowest BCUT2D eigenvalue weighted by molar-refractivity contribution is -0.359. The van der Waals surface area contributed by atoms with Crippen LogP contribution in [0.15, 0.2) is 12.2 Å². The zero-order chi connectivity index (χ0) is 52.4. The van der Waals surface area contributed by atoms with Crippen molar-refractivity contribution in [2.45, 2.75) is 331 Å². The van der Waals surface area contributed by atoms with E-state index in [-0.39, 0.29) is 18.9 Å². The minimum atomic E-state index is -1.78. The van der Waals surface area contributed by atoms with Crippen molar-refractivity contribution in [3.05, 3.63) is 12.2 Å². The van der Waals surface area contributed by atoms with Crippen molar-refractivity contribution in [2.75, 3.05) is 19.8 Å². The zero-order valence-electron chi connectivity index (χ0n) is 45.7. The van der Waals surface area contributed by atoms with Crippen LogP contribution in [0.1, 0.15) is 258 Å². The zero-order valence-corrected chi connectivity index (χ0v) is 45.7. The molecule has 2 aliphatic rings. The molecule has 1 amide bonds. The van der Waals surface area contributed by atoms with E-state index in [9.17, 15) is 45.6 Å². The van der Waals surface area contributed by atoms with Gasteiger partial charge >= 0.3 is 0 Å². The monoisotopic (exact) mass is 1030 g/mol. The number of aliphatic hydroxyl groups excluding tert-OH is 8. The van der Waals surface area contributed by atoms with E-state index in [4.69, 9.17) is 18.9 Å². The summed E-state index contributed by atoms with van der Waals surface area (Å²) in [5.74, 6) is -0.250. The lowest BCUT2D eigenvalue weighted by Gasteiger charge is -2.46. The standard InChI is InChI=1S/C58H111NO13/c1-3-5-7-9-10-11-12-13-14-15-16-17-18-19-20-21-22-23-24-25-26-27-28-29-30-31-32-33-34-35-36-38-39-41-47(62)46(59-50(63)42-40-37-8-6-4-2)45-69-57-55(68)53(66)56(49(44-61)71-57)72-58-54(67)52(65)51(64)48(43-60)70-58/h39,41,46-49,51-58,60-62,64-68H,3-38,40,42-45H2,1-2H3,(H,59,63)/b41-39+. The molecular weight excluding hydrogens is 919 g/mol. The van der Waals surface area contributed by atoms with E-state index in [0.717, 1.165) is 44.9 Å². The van der Waals surface area contributed by atoms with Crippen LogP contribution < -0.4 is 5.32 Å². The summed E-state index contributed by atoms with van der Waals surface area (Å²) in [7, 11) is 0. The number of aliphatic hydroxyl groups is 8. The molecule has 9 N–H and O–H groups in total. The Morgan fingerprint density at radius 3 is 1.28 bits per heavy atom. The molecule has 0 radical (unpaired) electrons. The Kier molecular flexibility index (Phi) is 41.6. The topological polar surface area (TPSA) is 228 Å². The van der Waals surface area contributed by atoms with Crippen LogP contribution in [-0.4, -0.2) is 140 Å². The van der Waals surface area contributed by atoms with Crippen LogP contribution in [0, 0.1) is 0 Å². The van der Waals surface area contributed by atoms with Crippen molar-refractivity contribution in [2.24, 2.45) is 0 Å². The first kappa shape index (κ1) is 66.8. The second-order valence-electron chi connectivity index (χ2n) is 21.5. The van der Waals surface area contributed by atoms with E-state index >= 15 is 0 Å². The molecule has 12 atom stereocenters. The fraction of sp³-hybridized carbons (Fsp3) is 0.948. The Morgan fingerprint density at radius 2 is 0.861 bits per heavy atom. The fourth-order valence-electron chi connectivity index (χ4n) is 10.1. The van der Waals surface area contributed by atoms with E-state index in [1.807, 2.05) is 6.08 Å². The first-order chi connectivity index (χ1) is 35.1. The summed E-state index contributed by atoms with van der Waals surface area (Å²) in [4.78, 5) is 13.0. The quantitative estimate of drug-likeness (QED) is 0.0205. The molecule has 0 aromatic heterocycles. The predicted molar refractivity (Wildman–Crippen MR) is 286 cm³/mol. The third kappa shape index (κ3) is 30.5. The molecule has 2 rings (SSSR count). The molecule has 0 aromatic rings. The Morgan fingerprint density at radius 1 is 0.486 bits per heavy atom. The number of hydrogen-bond donors (Lipinski definition) is 9. The van der Waals surface area contributed by atoms with Crippen LogP contribution in [0.5, 0.6) is 0 Å². The summed E-state index contributed by atoms with van der Waals surface area (Å²) in [5.41, 5.74) is 0. The summed E-state index contributed by atoms with van der Waals surface area (Å²) in [6, 6.07) is -0.906. The highest BCUT2D eigenvalue weighted by atomic mass is 16.7. The summed E-state index contributed by atoms with van der Waals surface area (Å²) in [6.45, 7) is 2.71. The summed E-state index contributed by atoms with van der Waals surface area (Å²) in [6.07, 6.45) is 35.0. The number of carbonyl (C=O) groups is 1. The maximum atomic E-state index is 13.0. The second kappa shape index (κ2) is 44.8. The maximum absolute atomic E-state index is 13.0. The summed E-state index contributed by atoms with van der Waals surface area (Å²) >= 11 is 0. The molecule has 2 heterocycles. The number of nitrogens with one attached hydrogen (secondary N) is 1. The van der Waals surface area contributed by atoms with Gasteiger partial charge in [0.25, 0.3) is 0 Å². The normalized spacial score (nSPS) is 25.6. The maximum Gasteiger partial charge on any atom is 0.220 e. The average Bonchev–Trinajstić information content (AvgIpc) is 3.38. The Balaban J connectivity index is 1.56. The minimum Gasteiger partial charge on any atom is -0.394 e. The molecule has 0 saturated carbocycles. The molecule has 2 saturated heterocycles. The van der Waals surface area contributed by atoms with Crippen molar-refractivity contribution in [1.82, 2.24) is 5.32 Å². The van der Waals surface area contributed by atoms with Crippen molar-refractivity contribution >= 4 is 5.91 Å². The largest absolute Gasteiger partial charge is 0.394 e. The molecule has 2 fully saturated rings. The van der Waals surface area contributed by atoms with Gasteiger partial charge in [0.05, 0.1) is 32.0 Å². The van der Waals surface area contributed by atoms with Crippen LogP contribution >= 0.6 is 0 Å². The number of carbonyl (C=O) groups excluding carboxylic acids is 1. The van der Waals surface area contributed by atoms with Gasteiger partial charge in [0.1, 0.15) is 48.8 Å². The number of unbranched alkanes of at least 4 members (excludes halogenated alkanes) is 35. The van der Waals surface area contributed by atoms with Crippen molar-refractivity contribution in [3.8, 4) is 0 Å². The van der Waals surface area contributed by atoms with E-state index < -0.39 is 86.8 Å². The summed E-state index contributed by atoms with van der Waals surface area (Å²) in [5, 5.41) is 86.5. The van der Waals surface area contributed by atoms with Gasteiger partial charge in [0, 0.05) is 6.42 Å². The van der Waals surface area contributed by atoms with Gasteiger partial charge < -0.3 is 65.1 Å². The van der Waals surface area contributed by atoms with Crippen molar-refractivity contribution in [3.63, 3.8) is 0 Å². The van der Waals surface area contributed by atoms with Crippen molar-refractivity contribution in [1.29, 1.82) is 0 Å². The Labute approximate surface area is 437 Å². The molecule has 0 bridgehead atoms. The third-order valence-electron chi connectivity index (χ3n) is 15.0. The van der Waals surface area contributed by atoms with Gasteiger partial charge in [-0.15, -0.1) is 0 Å². The highest BCUT2D eigenvalue weighted by Gasteiger charge is 2.51. The van der Waals surface area contributed by atoms with E-state index in [0.29, 0.717) is 6.42 Å². The number of amides is 1. The molecule has 72 heavy (non-hydrogen) atoms. The first-order valence-corrected chi connectivity index (χ1v) is 29.9. The highest BCUT2D eigenvalue weighted by Crippen LogP contribution is 2.30. The lowest BCUT2D eigenvalue weighted by atomic mass is 9.97. The number of rotatable bonds is 48. The lowest BCUT2D eigenvalue weighted by Crippen LogP contribution is -2.65. The van der Waals surface area contributed by atoms with E-state index in [2.05, 4.69) is 19.2 Å². The van der Waals surface area contributed by atoms with Gasteiger partial charge in [-0.1, -0.05) is 244 Å². The van der Waals surface area contributed by atoms with Crippen LogP contribution in [0.25, 0.3) is 0 Å². The molecular formula is C58H111NO13.